The predicted molar refractivity (Wildman–Crippen MR) is 105 cm³/mol. The number of esters is 1. The number of nitrogens with zero attached hydrogens (tertiary/aromatic N) is 3. The number of methoxy groups -OCH3 is 1. The number of ether oxygens (including phenoxy) is 1. The summed E-state index contributed by atoms with van der Waals surface area (Å²) in [4.78, 5) is 31.5. The number of pyridine rings is 1. The first-order valence-electron chi connectivity index (χ1n) is 8.76. The predicted octanol–water partition coefficient (Wildman–Crippen LogP) is 3.56. The van der Waals surface area contributed by atoms with Crippen LogP contribution in [-0.4, -0.2) is 35.6 Å². The molecule has 2 aromatic rings. The van der Waals surface area contributed by atoms with Crippen LogP contribution in [0, 0.1) is 5.41 Å². The first-order chi connectivity index (χ1) is 12.2. The molecule has 0 amide bonds. The normalized spacial score (nSPS) is 18.0. The molecule has 3 heterocycles. The Labute approximate surface area is 161 Å². The second-order valence-electron chi connectivity index (χ2n) is 7.59. The molecule has 6 nitrogen and oxygen atoms in total. The lowest BCUT2D eigenvalue weighted by atomic mass is 9.83. The van der Waals surface area contributed by atoms with E-state index in [9.17, 15) is 9.59 Å². The maximum absolute atomic E-state index is 12.7. The van der Waals surface area contributed by atoms with E-state index < -0.39 is 5.97 Å². The van der Waals surface area contributed by atoms with Crippen LogP contribution >= 0.6 is 15.9 Å². The summed E-state index contributed by atoms with van der Waals surface area (Å²) in [6.45, 7) is 8.25. The summed E-state index contributed by atoms with van der Waals surface area (Å²) in [7, 11) is 1.33. The van der Waals surface area contributed by atoms with Crippen molar-refractivity contribution < 1.29 is 9.53 Å². The largest absolute Gasteiger partial charge is 0.465 e. The molecule has 0 saturated carbocycles. The smallest absolute Gasteiger partial charge is 0.339 e. The van der Waals surface area contributed by atoms with E-state index in [0.717, 1.165) is 31.5 Å². The first kappa shape index (κ1) is 18.9. The van der Waals surface area contributed by atoms with Crippen molar-refractivity contribution in [1.29, 1.82) is 0 Å². The molecular formula is C19H24BrN3O3. The summed E-state index contributed by atoms with van der Waals surface area (Å²) < 4.78 is 6.23. The fourth-order valence-electron chi connectivity index (χ4n) is 3.24. The number of carbonyl (C=O) groups excluding carboxylic acids is 1. The van der Waals surface area contributed by atoms with Crippen molar-refractivity contribution in [3.63, 3.8) is 0 Å². The molecule has 1 fully saturated rings. The number of rotatable bonds is 3. The number of piperidine rings is 1. The fourth-order valence-corrected chi connectivity index (χ4v) is 3.58. The lowest BCUT2D eigenvalue weighted by Gasteiger charge is -2.37. The molecule has 26 heavy (non-hydrogen) atoms. The lowest BCUT2D eigenvalue weighted by molar-refractivity contribution is 0.0600. The van der Waals surface area contributed by atoms with Crippen molar-refractivity contribution in [1.82, 2.24) is 9.38 Å². The fraction of sp³-hybridized carbons (Fsp3) is 0.526. The Hall–Kier alpha value is -1.89. The minimum Gasteiger partial charge on any atom is -0.465 e. The maximum Gasteiger partial charge on any atom is 0.339 e. The SMILES string of the molecule is COC(=O)c1cc(C(C)Br)c2nc(N3CCC(C)(C)CC3)cc(=O)n2c1. The van der Waals surface area contributed by atoms with Gasteiger partial charge in [-0.2, -0.15) is 0 Å². The van der Waals surface area contributed by atoms with Gasteiger partial charge in [0.25, 0.3) is 5.56 Å². The number of carbonyl (C=O) groups is 1. The van der Waals surface area contributed by atoms with Gasteiger partial charge >= 0.3 is 5.97 Å². The second-order valence-corrected chi connectivity index (χ2v) is 8.96. The number of aromatic nitrogens is 2. The molecule has 1 aliphatic heterocycles. The van der Waals surface area contributed by atoms with Crippen molar-refractivity contribution >= 4 is 33.4 Å². The zero-order valence-corrected chi connectivity index (χ0v) is 17.2. The molecule has 1 aliphatic rings. The third-order valence-corrected chi connectivity index (χ3v) is 5.56. The van der Waals surface area contributed by atoms with E-state index in [-0.39, 0.29) is 10.4 Å². The van der Waals surface area contributed by atoms with Gasteiger partial charge in [0.05, 0.1) is 12.7 Å². The number of alkyl halides is 1. The molecule has 0 N–H and O–H groups in total. The topological polar surface area (TPSA) is 63.9 Å². The molecule has 140 valence electrons. The maximum atomic E-state index is 12.7. The number of fused-ring (bicyclic) bond motifs is 1. The summed E-state index contributed by atoms with van der Waals surface area (Å²) in [6, 6.07) is 3.28. The quantitative estimate of drug-likeness (QED) is 0.559. The third-order valence-electron chi connectivity index (χ3n) is 5.07. The molecule has 1 unspecified atom stereocenters. The van der Waals surface area contributed by atoms with Crippen molar-refractivity contribution in [3.05, 3.63) is 39.8 Å². The molecule has 2 aromatic heterocycles. The van der Waals surface area contributed by atoms with E-state index in [4.69, 9.17) is 9.72 Å². The van der Waals surface area contributed by atoms with E-state index >= 15 is 0 Å². The van der Waals surface area contributed by atoms with Gasteiger partial charge in [-0.1, -0.05) is 29.8 Å². The number of hydrogen-bond acceptors (Lipinski definition) is 5. The Morgan fingerprint density at radius 2 is 1.96 bits per heavy atom. The molecule has 0 aromatic carbocycles. The van der Waals surface area contributed by atoms with Crippen LogP contribution < -0.4 is 10.5 Å². The minimum atomic E-state index is -0.476. The molecule has 3 rings (SSSR count). The zero-order valence-electron chi connectivity index (χ0n) is 15.6. The summed E-state index contributed by atoms with van der Waals surface area (Å²) in [5.41, 5.74) is 1.80. The van der Waals surface area contributed by atoms with Gasteiger partial charge in [0, 0.05) is 35.7 Å². The van der Waals surface area contributed by atoms with E-state index in [1.165, 1.54) is 17.7 Å². The van der Waals surface area contributed by atoms with Gasteiger partial charge in [-0.15, -0.1) is 0 Å². The molecule has 0 aliphatic carbocycles. The summed E-state index contributed by atoms with van der Waals surface area (Å²) in [5, 5.41) is 0. The van der Waals surface area contributed by atoms with Gasteiger partial charge in [0.15, 0.2) is 0 Å². The third kappa shape index (κ3) is 3.63. The zero-order chi connectivity index (χ0) is 19.1. The van der Waals surface area contributed by atoms with Crippen molar-refractivity contribution in [2.24, 2.45) is 5.41 Å². The Balaban J connectivity index is 2.11. The molecule has 7 heteroatoms. The number of anilines is 1. The molecule has 1 saturated heterocycles. The van der Waals surface area contributed by atoms with Gasteiger partial charge in [0.2, 0.25) is 0 Å². The van der Waals surface area contributed by atoms with E-state index in [1.54, 1.807) is 12.1 Å². The summed E-state index contributed by atoms with van der Waals surface area (Å²) in [5.74, 6) is 0.223. The monoisotopic (exact) mass is 421 g/mol. The van der Waals surface area contributed by atoms with Gasteiger partial charge in [-0.3, -0.25) is 9.20 Å². The van der Waals surface area contributed by atoms with Crippen LogP contribution in [0.2, 0.25) is 0 Å². The van der Waals surface area contributed by atoms with Crippen molar-refractivity contribution in [2.45, 2.75) is 38.4 Å². The lowest BCUT2D eigenvalue weighted by Crippen LogP contribution is -2.38. The molecule has 1 atom stereocenters. The number of halogens is 1. The van der Waals surface area contributed by atoms with Crippen LogP contribution in [0.25, 0.3) is 5.65 Å². The van der Waals surface area contributed by atoms with Gasteiger partial charge in [0.1, 0.15) is 11.5 Å². The summed E-state index contributed by atoms with van der Waals surface area (Å²) in [6.07, 6.45) is 3.63. The van der Waals surface area contributed by atoms with Crippen LogP contribution in [0.4, 0.5) is 5.82 Å². The van der Waals surface area contributed by atoms with Crippen LogP contribution in [0.5, 0.6) is 0 Å². The highest BCUT2D eigenvalue weighted by Crippen LogP contribution is 2.32. The first-order valence-corrected chi connectivity index (χ1v) is 9.68. The Bertz CT molecular complexity index is 895. The number of hydrogen-bond donors (Lipinski definition) is 0. The van der Waals surface area contributed by atoms with Gasteiger partial charge < -0.3 is 9.64 Å². The van der Waals surface area contributed by atoms with E-state index in [2.05, 4.69) is 34.7 Å². The van der Waals surface area contributed by atoms with Gasteiger partial charge in [-0.05, 0) is 31.2 Å². The highest BCUT2D eigenvalue weighted by molar-refractivity contribution is 9.09. The summed E-state index contributed by atoms with van der Waals surface area (Å²) >= 11 is 3.55. The molecule has 0 bridgehead atoms. The van der Waals surface area contributed by atoms with Crippen LogP contribution in [-0.2, 0) is 4.74 Å². The highest BCUT2D eigenvalue weighted by Gasteiger charge is 2.27. The van der Waals surface area contributed by atoms with Crippen LogP contribution in [0.15, 0.2) is 23.1 Å². The average molecular weight is 422 g/mol. The van der Waals surface area contributed by atoms with Crippen molar-refractivity contribution in [3.8, 4) is 0 Å². The molecule has 0 spiro atoms. The van der Waals surface area contributed by atoms with Crippen LogP contribution in [0.1, 0.15) is 54.4 Å². The Morgan fingerprint density at radius 1 is 1.31 bits per heavy atom. The Kier molecular flexibility index (Phi) is 5.10. The van der Waals surface area contributed by atoms with Gasteiger partial charge in [-0.25, -0.2) is 9.78 Å². The Morgan fingerprint density at radius 3 is 2.54 bits per heavy atom. The molecular weight excluding hydrogens is 398 g/mol. The minimum absolute atomic E-state index is 0.0652. The van der Waals surface area contributed by atoms with Crippen LogP contribution in [0.3, 0.4) is 0 Å². The average Bonchev–Trinajstić information content (AvgIpc) is 2.60. The second kappa shape index (κ2) is 7.02. The van der Waals surface area contributed by atoms with E-state index in [0.29, 0.717) is 22.4 Å². The molecule has 0 radical (unpaired) electrons. The van der Waals surface area contributed by atoms with E-state index in [1.807, 2.05) is 6.92 Å². The van der Waals surface area contributed by atoms with Crippen molar-refractivity contribution in [2.75, 3.05) is 25.1 Å². The highest BCUT2D eigenvalue weighted by atomic mass is 79.9. The standard InChI is InChI=1S/C19H24BrN3O3/c1-12(20)14-9-13(18(25)26-4)11-23-16(24)10-15(21-17(14)23)22-7-5-19(2,3)6-8-22/h9-12H,5-8H2,1-4H3.